The molecule has 0 N–H and O–H groups in total. The third-order valence-corrected chi connectivity index (χ3v) is 4.14. The Bertz CT molecular complexity index is 671. The first kappa shape index (κ1) is 16.0. The number of aryl methyl sites for hydroxylation is 2. The molecular weight excluding hydrogens is 334 g/mol. The monoisotopic (exact) mass is 353 g/mol. The molecule has 0 bridgehead atoms. The summed E-state index contributed by atoms with van der Waals surface area (Å²) in [5, 5.41) is 4.29. The second-order valence-corrected chi connectivity index (χ2v) is 6.27. The fourth-order valence-electron chi connectivity index (χ4n) is 2.30. The molecule has 0 saturated heterocycles. The highest BCUT2D eigenvalue weighted by atomic mass is 79.9. The van der Waals surface area contributed by atoms with E-state index in [4.69, 9.17) is 4.42 Å². The summed E-state index contributed by atoms with van der Waals surface area (Å²) in [6, 6.07) is 0. The van der Waals surface area contributed by atoms with E-state index in [9.17, 15) is 4.79 Å². The fourth-order valence-corrected chi connectivity index (χ4v) is 2.77. The number of carbonyl (C=O) groups is 1. The molecule has 0 fully saturated rings. The van der Waals surface area contributed by atoms with Gasteiger partial charge in [-0.25, -0.2) is 0 Å². The number of furan rings is 1. The molecule has 2 heterocycles. The molecule has 0 amide bonds. The molecule has 6 heteroatoms. The van der Waals surface area contributed by atoms with Crippen LogP contribution in [0.2, 0.25) is 0 Å². The van der Waals surface area contributed by atoms with E-state index in [-0.39, 0.29) is 5.78 Å². The highest BCUT2D eigenvalue weighted by Gasteiger charge is 2.25. The van der Waals surface area contributed by atoms with Gasteiger partial charge in [0.05, 0.1) is 22.8 Å². The molecule has 0 aliphatic heterocycles. The van der Waals surface area contributed by atoms with Gasteiger partial charge in [-0.05, 0) is 50.8 Å². The standard InChI is InChI=1S/C15H20BrN3O2/c1-9-10(2)21-11(3)13(9)15(20)14-12(16)8-17-19(14)7-6-18(4)5/h8H,6-7H2,1-5H3. The molecule has 0 saturated carbocycles. The summed E-state index contributed by atoms with van der Waals surface area (Å²) in [4.78, 5) is 14.9. The van der Waals surface area contributed by atoms with E-state index in [1.54, 1.807) is 10.9 Å². The van der Waals surface area contributed by atoms with Crippen molar-refractivity contribution in [3.8, 4) is 0 Å². The van der Waals surface area contributed by atoms with Crippen LogP contribution >= 0.6 is 15.9 Å². The number of carbonyl (C=O) groups excluding carboxylic acids is 1. The Kier molecular flexibility index (Phi) is 4.68. The van der Waals surface area contributed by atoms with Gasteiger partial charge >= 0.3 is 0 Å². The van der Waals surface area contributed by atoms with E-state index in [1.165, 1.54) is 0 Å². The van der Waals surface area contributed by atoms with Gasteiger partial charge in [-0.2, -0.15) is 5.10 Å². The van der Waals surface area contributed by atoms with Gasteiger partial charge in [-0.15, -0.1) is 0 Å². The van der Waals surface area contributed by atoms with Crippen molar-refractivity contribution in [3.05, 3.63) is 39.0 Å². The number of nitrogens with zero attached hydrogens (tertiary/aromatic N) is 3. The molecular formula is C15H20BrN3O2. The zero-order chi connectivity index (χ0) is 15.7. The van der Waals surface area contributed by atoms with Crippen LogP contribution in [-0.4, -0.2) is 41.1 Å². The topological polar surface area (TPSA) is 51.3 Å². The Hall–Kier alpha value is -1.40. The van der Waals surface area contributed by atoms with Gasteiger partial charge in [0.25, 0.3) is 0 Å². The quantitative estimate of drug-likeness (QED) is 0.775. The van der Waals surface area contributed by atoms with E-state index >= 15 is 0 Å². The highest BCUT2D eigenvalue weighted by Crippen LogP contribution is 2.27. The SMILES string of the molecule is Cc1oc(C)c(C(=O)c2c(Br)cnn2CCN(C)C)c1C. The first-order chi connectivity index (χ1) is 9.82. The predicted octanol–water partition coefficient (Wildman–Crippen LogP) is 2.96. The Morgan fingerprint density at radius 3 is 2.52 bits per heavy atom. The minimum absolute atomic E-state index is 0.0509. The Morgan fingerprint density at radius 1 is 1.33 bits per heavy atom. The van der Waals surface area contributed by atoms with Gasteiger partial charge in [0, 0.05) is 12.1 Å². The second kappa shape index (κ2) is 6.15. The third kappa shape index (κ3) is 3.11. The van der Waals surface area contributed by atoms with Crippen molar-refractivity contribution in [1.29, 1.82) is 0 Å². The summed E-state index contributed by atoms with van der Waals surface area (Å²) < 4.78 is 8.02. The summed E-state index contributed by atoms with van der Waals surface area (Å²) in [5.74, 6) is 1.39. The molecule has 2 aromatic rings. The predicted molar refractivity (Wildman–Crippen MR) is 84.8 cm³/mol. The van der Waals surface area contributed by atoms with Crippen LogP contribution in [0.3, 0.4) is 0 Å². The molecule has 0 aromatic carbocycles. The molecule has 0 spiro atoms. The molecule has 0 unspecified atom stereocenters. The summed E-state index contributed by atoms with van der Waals surface area (Å²) >= 11 is 3.43. The van der Waals surface area contributed by atoms with Crippen molar-refractivity contribution in [1.82, 2.24) is 14.7 Å². The number of halogens is 1. The smallest absolute Gasteiger partial charge is 0.215 e. The van der Waals surface area contributed by atoms with Crippen LogP contribution < -0.4 is 0 Å². The largest absolute Gasteiger partial charge is 0.466 e. The molecule has 21 heavy (non-hydrogen) atoms. The number of hydrogen-bond donors (Lipinski definition) is 0. The van der Waals surface area contributed by atoms with Crippen LogP contribution in [0.5, 0.6) is 0 Å². The second-order valence-electron chi connectivity index (χ2n) is 5.41. The molecule has 2 aromatic heterocycles. The highest BCUT2D eigenvalue weighted by molar-refractivity contribution is 9.10. The van der Waals surface area contributed by atoms with Crippen LogP contribution in [0.25, 0.3) is 0 Å². The van der Waals surface area contributed by atoms with Crippen LogP contribution in [-0.2, 0) is 6.54 Å². The Labute approximate surface area is 133 Å². The van der Waals surface area contributed by atoms with Gasteiger partial charge in [0.2, 0.25) is 5.78 Å². The van der Waals surface area contributed by atoms with E-state index < -0.39 is 0 Å². The molecule has 0 aliphatic rings. The number of ketones is 1. The summed E-state index contributed by atoms with van der Waals surface area (Å²) in [6.07, 6.45) is 1.67. The van der Waals surface area contributed by atoms with Crippen molar-refractivity contribution in [2.45, 2.75) is 27.3 Å². The molecule has 0 aliphatic carbocycles. The van der Waals surface area contributed by atoms with Crippen molar-refractivity contribution in [2.24, 2.45) is 0 Å². The van der Waals surface area contributed by atoms with Crippen molar-refractivity contribution >= 4 is 21.7 Å². The van der Waals surface area contributed by atoms with Gasteiger partial charge in [-0.3, -0.25) is 9.48 Å². The number of rotatable bonds is 5. The number of aromatic nitrogens is 2. The lowest BCUT2D eigenvalue weighted by Crippen LogP contribution is -2.22. The molecule has 5 nitrogen and oxygen atoms in total. The van der Waals surface area contributed by atoms with Gasteiger partial charge in [0.15, 0.2) is 0 Å². The van der Waals surface area contributed by atoms with Gasteiger partial charge in [0.1, 0.15) is 17.2 Å². The van der Waals surface area contributed by atoms with Crippen LogP contribution in [0.1, 0.15) is 33.1 Å². The minimum Gasteiger partial charge on any atom is -0.466 e. The fraction of sp³-hybridized carbons (Fsp3) is 0.467. The first-order valence-corrected chi connectivity index (χ1v) is 7.59. The lowest BCUT2D eigenvalue weighted by atomic mass is 10.0. The summed E-state index contributed by atoms with van der Waals surface area (Å²) in [5.41, 5.74) is 2.11. The lowest BCUT2D eigenvalue weighted by molar-refractivity contribution is 0.102. The molecule has 2 rings (SSSR count). The van der Waals surface area contributed by atoms with Crippen molar-refractivity contribution in [2.75, 3.05) is 20.6 Å². The van der Waals surface area contributed by atoms with Crippen LogP contribution in [0, 0.1) is 20.8 Å². The van der Waals surface area contributed by atoms with Crippen molar-refractivity contribution in [3.63, 3.8) is 0 Å². The lowest BCUT2D eigenvalue weighted by Gasteiger charge is -2.12. The normalized spacial score (nSPS) is 11.4. The minimum atomic E-state index is -0.0509. The third-order valence-electron chi connectivity index (χ3n) is 3.56. The zero-order valence-electron chi connectivity index (χ0n) is 13.0. The van der Waals surface area contributed by atoms with Crippen molar-refractivity contribution < 1.29 is 9.21 Å². The maximum absolute atomic E-state index is 12.9. The average Bonchev–Trinajstić information content (AvgIpc) is 2.88. The first-order valence-electron chi connectivity index (χ1n) is 6.80. The Balaban J connectivity index is 2.41. The summed E-state index contributed by atoms with van der Waals surface area (Å²) in [7, 11) is 3.99. The zero-order valence-corrected chi connectivity index (χ0v) is 14.6. The van der Waals surface area contributed by atoms with Gasteiger partial charge < -0.3 is 9.32 Å². The summed E-state index contributed by atoms with van der Waals surface area (Å²) in [6.45, 7) is 7.08. The van der Waals surface area contributed by atoms with E-state index in [0.717, 1.165) is 17.9 Å². The van der Waals surface area contributed by atoms with Crippen LogP contribution in [0.15, 0.2) is 15.1 Å². The van der Waals surface area contributed by atoms with Crippen LogP contribution in [0.4, 0.5) is 0 Å². The van der Waals surface area contributed by atoms with E-state index in [2.05, 4.69) is 25.9 Å². The van der Waals surface area contributed by atoms with Gasteiger partial charge in [-0.1, -0.05) is 0 Å². The number of likely N-dealkylation sites (N-methyl/N-ethyl adjacent to an activating group) is 1. The maximum Gasteiger partial charge on any atom is 0.215 e. The molecule has 0 radical (unpaired) electrons. The van der Waals surface area contributed by atoms with E-state index in [0.29, 0.717) is 28.0 Å². The Morgan fingerprint density at radius 2 is 2.00 bits per heavy atom. The molecule has 0 atom stereocenters. The molecule has 114 valence electrons. The average molecular weight is 354 g/mol. The van der Waals surface area contributed by atoms with E-state index in [1.807, 2.05) is 34.9 Å². The maximum atomic E-state index is 12.9. The number of hydrogen-bond acceptors (Lipinski definition) is 4.